The fourth-order valence-electron chi connectivity index (χ4n) is 2.94. The maximum atomic E-state index is 9.05. The SMILES string of the molecule is COCc1cn(-c2cnc(-n3cnc4cc(C#N)cnc43)cc2NC(C)C)nn1. The number of nitriles is 1. The molecule has 0 saturated heterocycles. The smallest absolute Gasteiger partial charge is 0.165 e. The summed E-state index contributed by atoms with van der Waals surface area (Å²) in [6.45, 7) is 4.49. The zero-order chi connectivity index (χ0) is 20.4. The van der Waals surface area contributed by atoms with E-state index in [0.29, 0.717) is 29.2 Å². The monoisotopic (exact) mass is 389 g/mol. The molecule has 4 rings (SSSR count). The van der Waals surface area contributed by atoms with E-state index in [2.05, 4.69) is 50.5 Å². The van der Waals surface area contributed by atoms with Crippen molar-refractivity contribution in [2.45, 2.75) is 26.5 Å². The van der Waals surface area contributed by atoms with E-state index in [1.54, 1.807) is 34.9 Å². The number of fused-ring (bicyclic) bond motifs is 1. The molecule has 0 amide bonds. The quantitative estimate of drug-likeness (QED) is 0.533. The Bertz CT molecular complexity index is 1200. The zero-order valence-electron chi connectivity index (χ0n) is 16.2. The highest BCUT2D eigenvalue weighted by atomic mass is 16.5. The summed E-state index contributed by atoms with van der Waals surface area (Å²) in [6, 6.07) is 5.88. The Morgan fingerprint density at radius 2 is 2.07 bits per heavy atom. The van der Waals surface area contributed by atoms with Crippen LogP contribution >= 0.6 is 0 Å². The average molecular weight is 389 g/mol. The Morgan fingerprint density at radius 3 is 2.83 bits per heavy atom. The lowest BCUT2D eigenvalue weighted by Crippen LogP contribution is -2.14. The third-order valence-corrected chi connectivity index (χ3v) is 4.16. The summed E-state index contributed by atoms with van der Waals surface area (Å²) in [5.74, 6) is 0.647. The molecule has 0 radical (unpaired) electrons. The summed E-state index contributed by atoms with van der Waals surface area (Å²) in [7, 11) is 1.62. The van der Waals surface area contributed by atoms with Gasteiger partial charge < -0.3 is 10.1 Å². The fraction of sp³-hybridized carbons (Fsp3) is 0.263. The Labute approximate surface area is 166 Å². The van der Waals surface area contributed by atoms with E-state index in [-0.39, 0.29) is 6.04 Å². The molecular weight excluding hydrogens is 370 g/mol. The van der Waals surface area contributed by atoms with Crippen molar-refractivity contribution in [3.05, 3.63) is 48.3 Å². The first-order valence-electron chi connectivity index (χ1n) is 8.99. The topological polar surface area (TPSA) is 119 Å². The third kappa shape index (κ3) is 3.63. The Morgan fingerprint density at radius 1 is 1.21 bits per heavy atom. The van der Waals surface area contributed by atoms with Gasteiger partial charge in [-0.3, -0.25) is 4.57 Å². The van der Waals surface area contributed by atoms with Crippen LogP contribution in [0.1, 0.15) is 25.1 Å². The summed E-state index contributed by atoms with van der Waals surface area (Å²) in [5, 5.41) is 20.8. The van der Waals surface area contributed by atoms with Crippen LogP contribution in [0.3, 0.4) is 0 Å². The second-order valence-corrected chi connectivity index (χ2v) is 6.74. The molecule has 0 unspecified atom stereocenters. The fourth-order valence-corrected chi connectivity index (χ4v) is 2.94. The first kappa shape index (κ1) is 18.5. The van der Waals surface area contributed by atoms with Gasteiger partial charge in [0.1, 0.15) is 35.1 Å². The number of aromatic nitrogens is 7. The van der Waals surface area contributed by atoms with Crippen LogP contribution in [0.5, 0.6) is 0 Å². The highest BCUT2D eigenvalue weighted by molar-refractivity contribution is 5.74. The molecule has 10 nitrogen and oxygen atoms in total. The average Bonchev–Trinajstić information content (AvgIpc) is 3.34. The molecule has 0 aliphatic heterocycles. The predicted octanol–water partition coefficient (Wildman–Crippen LogP) is 2.23. The van der Waals surface area contributed by atoms with E-state index in [0.717, 1.165) is 17.1 Å². The minimum Gasteiger partial charge on any atom is -0.381 e. The largest absolute Gasteiger partial charge is 0.381 e. The van der Waals surface area contributed by atoms with Crippen LogP contribution in [0.15, 0.2) is 37.1 Å². The molecule has 0 aromatic carbocycles. The highest BCUT2D eigenvalue weighted by Gasteiger charge is 2.14. The number of hydrogen-bond donors (Lipinski definition) is 1. The number of nitrogens with one attached hydrogen (secondary N) is 1. The Hall–Kier alpha value is -3.84. The van der Waals surface area contributed by atoms with Gasteiger partial charge in [0.05, 0.1) is 30.3 Å². The normalized spacial score (nSPS) is 11.1. The second kappa shape index (κ2) is 7.65. The molecule has 0 atom stereocenters. The number of pyridine rings is 2. The van der Waals surface area contributed by atoms with Gasteiger partial charge in [0.15, 0.2) is 5.65 Å². The number of methoxy groups -OCH3 is 1. The maximum Gasteiger partial charge on any atom is 0.165 e. The van der Waals surface area contributed by atoms with Gasteiger partial charge in [0.2, 0.25) is 0 Å². The Balaban J connectivity index is 1.79. The van der Waals surface area contributed by atoms with Crippen LogP contribution in [-0.4, -0.2) is 47.7 Å². The molecule has 0 fully saturated rings. The van der Waals surface area contributed by atoms with Crippen molar-refractivity contribution in [3.8, 4) is 17.6 Å². The molecule has 0 saturated carbocycles. The van der Waals surface area contributed by atoms with E-state index in [1.165, 1.54) is 6.20 Å². The van der Waals surface area contributed by atoms with E-state index in [9.17, 15) is 0 Å². The van der Waals surface area contributed by atoms with Crippen molar-refractivity contribution >= 4 is 16.9 Å². The van der Waals surface area contributed by atoms with Gasteiger partial charge in [-0.25, -0.2) is 19.6 Å². The second-order valence-electron chi connectivity index (χ2n) is 6.74. The van der Waals surface area contributed by atoms with Crippen molar-refractivity contribution < 1.29 is 4.74 Å². The first-order valence-corrected chi connectivity index (χ1v) is 8.99. The molecular formula is C19H19N9O. The molecule has 1 N–H and O–H groups in total. The first-order chi connectivity index (χ1) is 14.1. The third-order valence-electron chi connectivity index (χ3n) is 4.16. The molecule has 0 bridgehead atoms. The van der Waals surface area contributed by atoms with Crippen molar-refractivity contribution in [2.24, 2.45) is 0 Å². The number of ether oxygens (including phenoxy) is 1. The molecule has 146 valence electrons. The Kier molecular flexibility index (Phi) is 4.88. The van der Waals surface area contributed by atoms with Crippen LogP contribution in [-0.2, 0) is 11.3 Å². The molecule has 0 aliphatic carbocycles. The molecule has 4 aromatic rings. The van der Waals surface area contributed by atoms with Gasteiger partial charge in [-0.1, -0.05) is 5.21 Å². The molecule has 0 aliphatic rings. The van der Waals surface area contributed by atoms with Crippen LogP contribution in [0.2, 0.25) is 0 Å². The van der Waals surface area contributed by atoms with Crippen molar-refractivity contribution in [1.82, 2.24) is 34.5 Å². The van der Waals surface area contributed by atoms with Crippen molar-refractivity contribution in [1.29, 1.82) is 5.26 Å². The van der Waals surface area contributed by atoms with Gasteiger partial charge in [-0.2, -0.15) is 5.26 Å². The van der Waals surface area contributed by atoms with Gasteiger partial charge >= 0.3 is 0 Å². The number of anilines is 1. The van der Waals surface area contributed by atoms with Crippen LogP contribution in [0.25, 0.3) is 22.7 Å². The molecule has 4 aromatic heterocycles. The number of rotatable bonds is 6. The predicted molar refractivity (Wildman–Crippen MR) is 106 cm³/mol. The van der Waals surface area contributed by atoms with Crippen LogP contribution in [0.4, 0.5) is 5.69 Å². The summed E-state index contributed by atoms with van der Waals surface area (Å²) in [4.78, 5) is 13.3. The lowest BCUT2D eigenvalue weighted by molar-refractivity contribution is 0.181. The van der Waals surface area contributed by atoms with Crippen molar-refractivity contribution in [3.63, 3.8) is 0 Å². The van der Waals surface area contributed by atoms with Gasteiger partial charge in [0, 0.05) is 25.4 Å². The molecule has 10 heteroatoms. The van der Waals surface area contributed by atoms with E-state index >= 15 is 0 Å². The summed E-state index contributed by atoms with van der Waals surface area (Å²) in [6.07, 6.45) is 6.70. The summed E-state index contributed by atoms with van der Waals surface area (Å²) in [5.41, 5.74) is 4.06. The lowest BCUT2D eigenvalue weighted by Gasteiger charge is -2.15. The molecule has 4 heterocycles. The summed E-state index contributed by atoms with van der Waals surface area (Å²) < 4.78 is 8.56. The molecule has 0 spiro atoms. The van der Waals surface area contributed by atoms with E-state index in [1.807, 2.05) is 12.3 Å². The van der Waals surface area contributed by atoms with Crippen LogP contribution < -0.4 is 5.32 Å². The molecule has 29 heavy (non-hydrogen) atoms. The number of nitrogens with zero attached hydrogens (tertiary/aromatic N) is 8. The standard InChI is InChI=1S/C19H19N9O/c1-12(2)24-15-5-18(21-8-17(15)28-9-14(10-29-3)25-26-28)27-11-23-16-4-13(6-20)7-22-19(16)27/h4-5,7-9,11-12H,10H2,1-3H3,(H,21,24). The van der Waals surface area contributed by atoms with E-state index < -0.39 is 0 Å². The maximum absolute atomic E-state index is 9.05. The van der Waals surface area contributed by atoms with Gasteiger partial charge in [-0.15, -0.1) is 5.10 Å². The van der Waals surface area contributed by atoms with E-state index in [4.69, 9.17) is 10.00 Å². The highest BCUT2D eigenvalue weighted by Crippen LogP contribution is 2.24. The number of imidazole rings is 1. The number of hydrogen-bond acceptors (Lipinski definition) is 8. The van der Waals surface area contributed by atoms with Crippen molar-refractivity contribution in [2.75, 3.05) is 12.4 Å². The minimum atomic E-state index is 0.196. The summed E-state index contributed by atoms with van der Waals surface area (Å²) >= 11 is 0. The van der Waals surface area contributed by atoms with Gasteiger partial charge in [-0.05, 0) is 19.9 Å². The van der Waals surface area contributed by atoms with Crippen LogP contribution in [0, 0.1) is 11.3 Å². The zero-order valence-corrected chi connectivity index (χ0v) is 16.2. The lowest BCUT2D eigenvalue weighted by atomic mass is 10.2. The van der Waals surface area contributed by atoms with Gasteiger partial charge in [0.25, 0.3) is 0 Å². The minimum absolute atomic E-state index is 0.196.